The SMILES string of the molecule is CCOC(=O)N1CCN(C(=O)C2CCCCC2NC(=O)OC(C)(C)C)CC1. The van der Waals surface area contributed by atoms with Crippen LogP contribution >= 0.6 is 0 Å². The lowest BCUT2D eigenvalue weighted by Crippen LogP contribution is -2.55. The van der Waals surface area contributed by atoms with E-state index in [1.165, 1.54) is 0 Å². The van der Waals surface area contributed by atoms with Crippen molar-refractivity contribution >= 4 is 18.1 Å². The molecule has 8 heteroatoms. The summed E-state index contributed by atoms with van der Waals surface area (Å²) in [6, 6.07) is -0.204. The van der Waals surface area contributed by atoms with Crippen molar-refractivity contribution in [2.45, 2.75) is 65.0 Å². The van der Waals surface area contributed by atoms with E-state index in [4.69, 9.17) is 9.47 Å². The van der Waals surface area contributed by atoms with Gasteiger partial charge in [-0.05, 0) is 40.5 Å². The average molecular weight is 383 g/mol. The molecule has 0 aromatic carbocycles. The van der Waals surface area contributed by atoms with Gasteiger partial charge in [-0.2, -0.15) is 0 Å². The number of piperazine rings is 1. The summed E-state index contributed by atoms with van der Waals surface area (Å²) in [5.41, 5.74) is -0.568. The summed E-state index contributed by atoms with van der Waals surface area (Å²) in [6.45, 7) is 9.51. The van der Waals surface area contributed by atoms with Crippen molar-refractivity contribution in [1.82, 2.24) is 15.1 Å². The van der Waals surface area contributed by atoms with Crippen LogP contribution in [0.2, 0.25) is 0 Å². The molecular formula is C19H33N3O5. The normalized spacial score (nSPS) is 23.6. The number of nitrogens with one attached hydrogen (secondary N) is 1. The molecule has 1 saturated heterocycles. The third-order valence-electron chi connectivity index (χ3n) is 4.90. The molecule has 0 radical (unpaired) electrons. The van der Waals surface area contributed by atoms with Crippen LogP contribution in [0.1, 0.15) is 53.4 Å². The van der Waals surface area contributed by atoms with Crippen molar-refractivity contribution in [1.29, 1.82) is 0 Å². The van der Waals surface area contributed by atoms with Crippen molar-refractivity contribution in [2.75, 3.05) is 32.8 Å². The Morgan fingerprint density at radius 2 is 1.59 bits per heavy atom. The van der Waals surface area contributed by atoms with Crippen molar-refractivity contribution in [3.05, 3.63) is 0 Å². The van der Waals surface area contributed by atoms with Gasteiger partial charge in [0.2, 0.25) is 5.91 Å². The van der Waals surface area contributed by atoms with Crippen molar-refractivity contribution in [3.8, 4) is 0 Å². The first-order valence-electron chi connectivity index (χ1n) is 9.91. The van der Waals surface area contributed by atoms with E-state index < -0.39 is 11.7 Å². The van der Waals surface area contributed by atoms with Crippen LogP contribution in [-0.2, 0) is 14.3 Å². The number of hydrogen-bond acceptors (Lipinski definition) is 5. The monoisotopic (exact) mass is 383 g/mol. The number of alkyl carbamates (subject to hydrolysis) is 1. The molecule has 0 aromatic heterocycles. The van der Waals surface area contributed by atoms with Gasteiger partial charge < -0.3 is 24.6 Å². The Hall–Kier alpha value is -1.99. The Balaban J connectivity index is 1.91. The first-order valence-corrected chi connectivity index (χ1v) is 9.91. The van der Waals surface area contributed by atoms with Gasteiger partial charge in [0.15, 0.2) is 0 Å². The Morgan fingerprint density at radius 1 is 1.00 bits per heavy atom. The zero-order chi connectivity index (χ0) is 20.0. The lowest BCUT2D eigenvalue weighted by Gasteiger charge is -2.39. The predicted molar refractivity (Wildman–Crippen MR) is 100 cm³/mol. The van der Waals surface area contributed by atoms with Crippen LogP contribution in [0.4, 0.5) is 9.59 Å². The van der Waals surface area contributed by atoms with Gasteiger partial charge >= 0.3 is 12.2 Å². The molecule has 2 atom stereocenters. The summed E-state index contributed by atoms with van der Waals surface area (Å²) in [4.78, 5) is 40.4. The molecule has 2 unspecified atom stereocenters. The fourth-order valence-corrected chi connectivity index (χ4v) is 3.62. The van der Waals surface area contributed by atoms with Gasteiger partial charge in [0.1, 0.15) is 5.60 Å². The van der Waals surface area contributed by atoms with E-state index in [1.54, 1.807) is 16.7 Å². The molecule has 2 rings (SSSR count). The molecule has 2 aliphatic rings. The predicted octanol–water partition coefficient (Wildman–Crippen LogP) is 2.37. The maximum Gasteiger partial charge on any atom is 0.409 e. The topological polar surface area (TPSA) is 88.2 Å². The van der Waals surface area contributed by atoms with Crippen LogP contribution in [0.25, 0.3) is 0 Å². The lowest BCUT2D eigenvalue weighted by molar-refractivity contribution is -0.139. The largest absolute Gasteiger partial charge is 0.450 e. The number of carbonyl (C=O) groups excluding carboxylic acids is 3. The Morgan fingerprint density at radius 3 is 2.19 bits per heavy atom. The highest BCUT2D eigenvalue weighted by atomic mass is 16.6. The number of hydrogen-bond donors (Lipinski definition) is 1. The molecular weight excluding hydrogens is 350 g/mol. The summed E-state index contributed by atoms with van der Waals surface area (Å²) >= 11 is 0. The minimum atomic E-state index is -0.568. The van der Waals surface area contributed by atoms with Crippen molar-refractivity contribution in [2.24, 2.45) is 5.92 Å². The van der Waals surface area contributed by atoms with Crippen molar-refractivity contribution in [3.63, 3.8) is 0 Å². The maximum absolute atomic E-state index is 13.0. The highest BCUT2D eigenvalue weighted by Gasteiger charge is 2.36. The van der Waals surface area contributed by atoms with Crippen molar-refractivity contribution < 1.29 is 23.9 Å². The second kappa shape index (κ2) is 9.28. The average Bonchev–Trinajstić information content (AvgIpc) is 2.60. The molecule has 1 N–H and O–H groups in total. The van der Waals surface area contributed by atoms with E-state index >= 15 is 0 Å². The minimum absolute atomic E-state index is 0.0549. The van der Waals surface area contributed by atoms with E-state index in [2.05, 4.69) is 5.32 Å². The fourth-order valence-electron chi connectivity index (χ4n) is 3.62. The second-order valence-corrected chi connectivity index (χ2v) is 8.15. The van der Waals surface area contributed by atoms with E-state index in [0.717, 1.165) is 25.7 Å². The molecule has 1 aliphatic heterocycles. The summed E-state index contributed by atoms with van der Waals surface area (Å²) in [6.07, 6.45) is 2.70. The summed E-state index contributed by atoms with van der Waals surface area (Å²) in [5, 5.41) is 2.90. The highest BCUT2D eigenvalue weighted by molar-refractivity contribution is 5.81. The van der Waals surface area contributed by atoms with Gasteiger partial charge in [-0.1, -0.05) is 12.8 Å². The minimum Gasteiger partial charge on any atom is -0.450 e. The van der Waals surface area contributed by atoms with Gasteiger partial charge in [0.25, 0.3) is 0 Å². The Kier molecular flexibility index (Phi) is 7.33. The number of amides is 3. The van der Waals surface area contributed by atoms with Crippen LogP contribution in [0.15, 0.2) is 0 Å². The molecule has 8 nitrogen and oxygen atoms in total. The quantitative estimate of drug-likeness (QED) is 0.808. The molecule has 1 aliphatic carbocycles. The number of carbonyl (C=O) groups is 3. The molecule has 0 spiro atoms. The van der Waals surface area contributed by atoms with E-state index in [1.807, 2.05) is 20.8 Å². The molecule has 2 fully saturated rings. The van der Waals surface area contributed by atoms with Gasteiger partial charge in [-0.3, -0.25) is 4.79 Å². The molecule has 0 bridgehead atoms. The molecule has 27 heavy (non-hydrogen) atoms. The number of rotatable bonds is 3. The lowest BCUT2D eigenvalue weighted by atomic mass is 9.83. The van der Waals surface area contributed by atoms with Crippen LogP contribution in [-0.4, -0.2) is 72.3 Å². The Bertz CT molecular complexity index is 538. The first-order chi connectivity index (χ1) is 12.7. The summed E-state index contributed by atoms with van der Waals surface area (Å²) < 4.78 is 10.4. The van der Waals surface area contributed by atoms with Gasteiger partial charge in [0, 0.05) is 32.2 Å². The first kappa shape index (κ1) is 21.3. The van der Waals surface area contributed by atoms with Gasteiger partial charge in [0.05, 0.1) is 12.5 Å². The van der Waals surface area contributed by atoms with E-state index in [-0.39, 0.29) is 24.0 Å². The van der Waals surface area contributed by atoms with E-state index in [0.29, 0.717) is 32.8 Å². The molecule has 154 valence electrons. The molecule has 0 aromatic rings. The standard InChI is InChI=1S/C19H33N3O5/c1-5-26-18(25)22-12-10-21(11-13-22)16(23)14-8-6-7-9-15(14)20-17(24)27-19(2,3)4/h14-15H,5-13H2,1-4H3,(H,20,24). The zero-order valence-corrected chi connectivity index (χ0v) is 17.0. The molecule has 1 heterocycles. The molecule has 3 amide bonds. The zero-order valence-electron chi connectivity index (χ0n) is 17.0. The third kappa shape index (κ3) is 6.29. The summed E-state index contributed by atoms with van der Waals surface area (Å²) in [5.74, 6) is -0.181. The van der Waals surface area contributed by atoms with E-state index in [9.17, 15) is 14.4 Å². The maximum atomic E-state index is 13.0. The van der Waals surface area contributed by atoms with Crippen LogP contribution in [0.5, 0.6) is 0 Å². The fraction of sp³-hybridized carbons (Fsp3) is 0.842. The van der Waals surface area contributed by atoms with Crippen LogP contribution in [0.3, 0.4) is 0 Å². The number of nitrogens with zero attached hydrogens (tertiary/aromatic N) is 2. The van der Waals surface area contributed by atoms with Gasteiger partial charge in [-0.15, -0.1) is 0 Å². The Labute approximate surface area is 161 Å². The van der Waals surface area contributed by atoms with Crippen LogP contribution < -0.4 is 5.32 Å². The smallest absolute Gasteiger partial charge is 0.409 e. The summed E-state index contributed by atoms with van der Waals surface area (Å²) in [7, 11) is 0. The van der Waals surface area contributed by atoms with Crippen LogP contribution in [0, 0.1) is 5.92 Å². The molecule has 1 saturated carbocycles. The third-order valence-corrected chi connectivity index (χ3v) is 4.90. The van der Waals surface area contributed by atoms with Gasteiger partial charge in [-0.25, -0.2) is 9.59 Å². The number of ether oxygens (including phenoxy) is 2. The second-order valence-electron chi connectivity index (χ2n) is 8.15. The highest BCUT2D eigenvalue weighted by Crippen LogP contribution is 2.27.